The lowest BCUT2D eigenvalue weighted by Crippen LogP contribution is -2.62. The van der Waals surface area contributed by atoms with E-state index in [1.54, 1.807) is 0 Å². The van der Waals surface area contributed by atoms with Gasteiger partial charge in [0.15, 0.2) is 0 Å². The molecule has 0 aromatic carbocycles. The molecule has 2 fully saturated rings. The van der Waals surface area contributed by atoms with E-state index >= 15 is 0 Å². The Morgan fingerprint density at radius 2 is 1.62 bits per heavy atom. The molecule has 0 saturated carbocycles. The van der Waals surface area contributed by atoms with Gasteiger partial charge in [0.2, 0.25) is 0 Å². The van der Waals surface area contributed by atoms with Gasteiger partial charge in [-0.2, -0.15) is 0 Å². The number of nitrogens with zero attached hydrogens (tertiary/aromatic N) is 2. The first-order valence-corrected chi connectivity index (χ1v) is 5.25. The number of rotatable bonds is 1. The number of nitrogens with one attached hydrogen (secondary N) is 2. The van der Waals surface area contributed by atoms with Crippen LogP contribution in [0.3, 0.4) is 0 Å². The van der Waals surface area contributed by atoms with Crippen LogP contribution in [0.5, 0.6) is 0 Å². The fraction of sp³-hybridized carbons (Fsp3) is 1.00. The van der Waals surface area contributed by atoms with Crippen LogP contribution in [0.2, 0.25) is 0 Å². The average Bonchev–Trinajstić information content (AvgIpc) is 2.20. The summed E-state index contributed by atoms with van der Waals surface area (Å²) in [5.74, 6) is 0. The summed E-state index contributed by atoms with van der Waals surface area (Å²) in [5.41, 5.74) is 0. The third-order valence-corrected chi connectivity index (χ3v) is 2.93. The number of hydrogen-bond donors (Lipinski definition) is 2. The zero-order chi connectivity index (χ0) is 9.10. The molecule has 0 amide bonds. The van der Waals surface area contributed by atoms with Gasteiger partial charge in [0.1, 0.15) is 6.29 Å². The zero-order valence-electron chi connectivity index (χ0n) is 8.42. The van der Waals surface area contributed by atoms with Crippen LogP contribution in [0.25, 0.3) is 0 Å². The normalized spacial score (nSPS) is 29.3. The Hall–Kier alpha value is -0.160. The molecular formula is C9H20N4. The van der Waals surface area contributed by atoms with Crippen LogP contribution in [0.1, 0.15) is 6.42 Å². The Kier molecular flexibility index (Phi) is 3.16. The topological polar surface area (TPSA) is 30.5 Å². The third kappa shape index (κ3) is 2.40. The van der Waals surface area contributed by atoms with Gasteiger partial charge in [0.05, 0.1) is 0 Å². The van der Waals surface area contributed by atoms with E-state index in [9.17, 15) is 0 Å². The van der Waals surface area contributed by atoms with Gasteiger partial charge >= 0.3 is 0 Å². The van der Waals surface area contributed by atoms with Crippen LogP contribution in [-0.4, -0.2) is 62.4 Å². The SMILES string of the molecule is CN1CCN(C2NCCCN2)CC1. The minimum Gasteiger partial charge on any atom is -0.304 e. The summed E-state index contributed by atoms with van der Waals surface area (Å²) in [4.78, 5) is 4.89. The van der Waals surface area contributed by atoms with Crippen molar-refractivity contribution < 1.29 is 0 Å². The van der Waals surface area contributed by atoms with Crippen molar-refractivity contribution in [2.45, 2.75) is 12.7 Å². The molecule has 2 N–H and O–H groups in total. The van der Waals surface area contributed by atoms with Crippen molar-refractivity contribution >= 4 is 0 Å². The van der Waals surface area contributed by atoms with Gasteiger partial charge < -0.3 is 4.90 Å². The maximum atomic E-state index is 3.50. The van der Waals surface area contributed by atoms with Gasteiger partial charge in [-0.25, -0.2) is 0 Å². The molecule has 2 aliphatic rings. The highest BCUT2D eigenvalue weighted by Crippen LogP contribution is 2.03. The summed E-state index contributed by atoms with van der Waals surface area (Å²) in [6, 6.07) is 0. The van der Waals surface area contributed by atoms with Crippen LogP contribution >= 0.6 is 0 Å². The van der Waals surface area contributed by atoms with Gasteiger partial charge in [-0.3, -0.25) is 15.5 Å². The van der Waals surface area contributed by atoms with E-state index in [4.69, 9.17) is 0 Å². The van der Waals surface area contributed by atoms with E-state index in [1.165, 1.54) is 32.6 Å². The predicted molar refractivity (Wildman–Crippen MR) is 53.5 cm³/mol. The minimum absolute atomic E-state index is 0.433. The van der Waals surface area contributed by atoms with Gasteiger partial charge in [-0.1, -0.05) is 0 Å². The second-order valence-corrected chi connectivity index (χ2v) is 4.00. The summed E-state index contributed by atoms with van der Waals surface area (Å²) in [5, 5.41) is 7.00. The van der Waals surface area contributed by atoms with Crippen LogP contribution < -0.4 is 10.6 Å². The molecule has 2 heterocycles. The molecule has 0 aliphatic carbocycles. The molecule has 0 unspecified atom stereocenters. The molecular weight excluding hydrogens is 164 g/mol. The molecule has 2 saturated heterocycles. The first kappa shape index (κ1) is 9.40. The van der Waals surface area contributed by atoms with E-state index in [-0.39, 0.29) is 0 Å². The van der Waals surface area contributed by atoms with Gasteiger partial charge in [-0.05, 0) is 26.6 Å². The second kappa shape index (κ2) is 4.37. The lowest BCUT2D eigenvalue weighted by atomic mass is 10.3. The van der Waals surface area contributed by atoms with Crippen LogP contribution in [0.4, 0.5) is 0 Å². The van der Waals surface area contributed by atoms with Crippen molar-refractivity contribution in [2.24, 2.45) is 0 Å². The van der Waals surface area contributed by atoms with E-state index in [1.807, 2.05) is 0 Å². The van der Waals surface area contributed by atoms with E-state index in [0.29, 0.717) is 6.29 Å². The molecule has 76 valence electrons. The molecule has 0 atom stereocenters. The van der Waals surface area contributed by atoms with Crippen molar-refractivity contribution in [3.63, 3.8) is 0 Å². The molecule has 0 spiro atoms. The van der Waals surface area contributed by atoms with Gasteiger partial charge in [0.25, 0.3) is 0 Å². The van der Waals surface area contributed by atoms with Crippen molar-refractivity contribution in [2.75, 3.05) is 46.3 Å². The van der Waals surface area contributed by atoms with Crippen molar-refractivity contribution in [3.8, 4) is 0 Å². The first-order chi connectivity index (χ1) is 6.36. The predicted octanol–water partition coefficient (Wildman–Crippen LogP) is -0.900. The van der Waals surface area contributed by atoms with Gasteiger partial charge in [-0.15, -0.1) is 0 Å². The Bertz CT molecular complexity index is 148. The number of likely N-dealkylation sites (N-methyl/N-ethyl adjacent to an activating group) is 1. The summed E-state index contributed by atoms with van der Waals surface area (Å²) < 4.78 is 0. The maximum absolute atomic E-state index is 3.50. The van der Waals surface area contributed by atoms with Crippen molar-refractivity contribution in [1.29, 1.82) is 0 Å². The molecule has 4 heteroatoms. The Morgan fingerprint density at radius 3 is 2.23 bits per heavy atom. The van der Waals surface area contributed by atoms with E-state index in [0.717, 1.165) is 13.1 Å². The molecule has 0 aromatic rings. The maximum Gasteiger partial charge on any atom is 0.114 e. The Balaban J connectivity index is 1.79. The number of piperazine rings is 1. The summed E-state index contributed by atoms with van der Waals surface area (Å²) >= 11 is 0. The molecule has 4 nitrogen and oxygen atoms in total. The second-order valence-electron chi connectivity index (χ2n) is 4.00. The third-order valence-electron chi connectivity index (χ3n) is 2.93. The van der Waals surface area contributed by atoms with Crippen molar-refractivity contribution in [3.05, 3.63) is 0 Å². The molecule has 13 heavy (non-hydrogen) atoms. The lowest BCUT2D eigenvalue weighted by molar-refractivity contribution is 0.0667. The zero-order valence-corrected chi connectivity index (χ0v) is 8.42. The minimum atomic E-state index is 0.433. The van der Waals surface area contributed by atoms with Crippen LogP contribution in [0, 0.1) is 0 Å². The van der Waals surface area contributed by atoms with Gasteiger partial charge in [0, 0.05) is 26.2 Å². The van der Waals surface area contributed by atoms with Crippen LogP contribution in [0.15, 0.2) is 0 Å². The quantitative estimate of drug-likeness (QED) is 0.553. The Labute approximate surface area is 80.3 Å². The average molecular weight is 184 g/mol. The molecule has 0 aromatic heterocycles. The molecule has 2 rings (SSSR count). The number of hydrogen-bond acceptors (Lipinski definition) is 4. The summed E-state index contributed by atoms with van der Waals surface area (Å²) in [7, 11) is 2.19. The fourth-order valence-corrected chi connectivity index (χ4v) is 1.98. The fourth-order valence-electron chi connectivity index (χ4n) is 1.98. The Morgan fingerprint density at radius 1 is 1.00 bits per heavy atom. The monoisotopic (exact) mass is 184 g/mol. The molecule has 0 bridgehead atoms. The van der Waals surface area contributed by atoms with Crippen LogP contribution in [-0.2, 0) is 0 Å². The van der Waals surface area contributed by atoms with E-state index < -0.39 is 0 Å². The van der Waals surface area contributed by atoms with E-state index in [2.05, 4.69) is 27.5 Å². The standard InChI is InChI=1S/C9H20N4/c1-12-5-7-13(8-6-12)9-10-3-2-4-11-9/h9-11H,2-8H2,1H3. The largest absolute Gasteiger partial charge is 0.304 e. The highest BCUT2D eigenvalue weighted by Gasteiger charge is 2.22. The van der Waals surface area contributed by atoms with Crippen molar-refractivity contribution in [1.82, 2.24) is 20.4 Å². The highest BCUT2D eigenvalue weighted by molar-refractivity contribution is 4.77. The lowest BCUT2D eigenvalue weighted by Gasteiger charge is -2.40. The molecule has 2 aliphatic heterocycles. The summed E-state index contributed by atoms with van der Waals surface area (Å²) in [6.45, 7) is 7.07. The molecule has 0 radical (unpaired) electrons. The highest BCUT2D eigenvalue weighted by atomic mass is 15.4. The first-order valence-electron chi connectivity index (χ1n) is 5.25. The smallest absolute Gasteiger partial charge is 0.114 e. The summed E-state index contributed by atoms with van der Waals surface area (Å²) in [6.07, 6.45) is 1.69.